The van der Waals surface area contributed by atoms with E-state index in [1.807, 2.05) is 13.8 Å². The number of rotatable bonds is 3. The molecule has 5 atom stereocenters. The summed E-state index contributed by atoms with van der Waals surface area (Å²) in [5.41, 5.74) is 0.392. The van der Waals surface area contributed by atoms with E-state index in [0.717, 1.165) is 0 Å². The molecule has 0 spiro atoms. The van der Waals surface area contributed by atoms with Gasteiger partial charge in [0.15, 0.2) is 12.1 Å². The molecule has 1 saturated heterocycles. The number of nitrogens with one attached hydrogen (secondary N) is 1. The quantitative estimate of drug-likeness (QED) is 0.437. The maximum Gasteiger partial charge on any atom is 0.178 e. The van der Waals surface area contributed by atoms with Crippen molar-refractivity contribution in [3.05, 3.63) is 11.8 Å². The highest BCUT2D eigenvalue weighted by molar-refractivity contribution is 5.91. The molecule has 1 aliphatic heterocycles. The van der Waals surface area contributed by atoms with E-state index in [-0.39, 0.29) is 11.2 Å². The van der Waals surface area contributed by atoms with Gasteiger partial charge in [-0.05, 0) is 11.8 Å². The van der Waals surface area contributed by atoms with Crippen LogP contribution in [0.1, 0.15) is 26.7 Å². The maximum atomic E-state index is 11.7. The molecule has 0 radical (unpaired) electrons. The predicted molar refractivity (Wildman–Crippen MR) is 73.0 cm³/mol. The van der Waals surface area contributed by atoms with Crippen molar-refractivity contribution < 1.29 is 30.0 Å². The van der Waals surface area contributed by atoms with E-state index in [2.05, 4.69) is 5.32 Å². The molecule has 1 aliphatic carbocycles. The number of hydrogen-bond acceptors (Lipinski definition) is 7. The minimum Gasteiger partial charge on any atom is -0.394 e. The van der Waals surface area contributed by atoms with Crippen molar-refractivity contribution in [2.24, 2.45) is 5.41 Å². The van der Waals surface area contributed by atoms with Gasteiger partial charge in [0.1, 0.15) is 24.4 Å². The van der Waals surface area contributed by atoms with E-state index >= 15 is 0 Å². The lowest BCUT2D eigenvalue weighted by molar-refractivity contribution is -0.253. The van der Waals surface area contributed by atoms with Crippen molar-refractivity contribution in [1.82, 2.24) is 5.32 Å². The second-order valence-corrected chi connectivity index (χ2v) is 6.55. The Morgan fingerprint density at radius 1 is 1.29 bits per heavy atom. The van der Waals surface area contributed by atoms with E-state index in [1.165, 1.54) is 6.08 Å². The average Bonchev–Trinajstić information content (AvgIpc) is 2.36. The molecule has 2 rings (SSSR count). The summed E-state index contributed by atoms with van der Waals surface area (Å²) in [5, 5.41) is 41.7. The fraction of sp³-hybridized carbons (Fsp3) is 0.786. The lowest BCUT2D eigenvalue weighted by Crippen LogP contribution is -2.63. The minimum atomic E-state index is -1.39. The molecule has 0 amide bonds. The Morgan fingerprint density at radius 3 is 2.52 bits per heavy atom. The summed E-state index contributed by atoms with van der Waals surface area (Å²) >= 11 is 0. The average molecular weight is 301 g/mol. The summed E-state index contributed by atoms with van der Waals surface area (Å²) in [7, 11) is 0. The van der Waals surface area contributed by atoms with E-state index in [9.17, 15) is 20.1 Å². The van der Waals surface area contributed by atoms with Crippen molar-refractivity contribution in [2.75, 3.05) is 6.61 Å². The maximum absolute atomic E-state index is 11.7. The summed E-state index contributed by atoms with van der Waals surface area (Å²) in [6, 6.07) is -0.962. The van der Waals surface area contributed by atoms with Gasteiger partial charge in [-0.3, -0.25) is 4.79 Å². The van der Waals surface area contributed by atoms with E-state index < -0.39 is 37.3 Å². The highest BCUT2D eigenvalue weighted by Gasteiger charge is 2.44. The number of aliphatic hydroxyl groups excluding tert-OH is 4. The number of allylic oxidation sites excluding steroid dienone is 2. The molecular weight excluding hydrogens is 278 g/mol. The van der Waals surface area contributed by atoms with Crippen LogP contribution in [-0.4, -0.2) is 63.5 Å². The van der Waals surface area contributed by atoms with Crippen LogP contribution < -0.4 is 5.32 Å². The van der Waals surface area contributed by atoms with E-state index in [0.29, 0.717) is 18.5 Å². The van der Waals surface area contributed by atoms with Crippen LogP contribution in [0.4, 0.5) is 0 Å². The molecule has 0 aromatic carbocycles. The van der Waals surface area contributed by atoms with Crippen LogP contribution in [0.25, 0.3) is 0 Å². The molecule has 5 N–H and O–H groups in total. The summed E-state index contributed by atoms with van der Waals surface area (Å²) in [6.45, 7) is 3.41. The highest BCUT2D eigenvalue weighted by Crippen LogP contribution is 2.33. The molecule has 1 fully saturated rings. The third-order valence-electron chi connectivity index (χ3n) is 3.91. The van der Waals surface area contributed by atoms with E-state index in [4.69, 9.17) is 9.84 Å². The van der Waals surface area contributed by atoms with Crippen LogP contribution in [0.3, 0.4) is 0 Å². The van der Waals surface area contributed by atoms with Crippen LogP contribution in [0, 0.1) is 5.41 Å². The minimum absolute atomic E-state index is 0.0248. The zero-order chi connectivity index (χ0) is 15.8. The monoisotopic (exact) mass is 301 g/mol. The zero-order valence-electron chi connectivity index (χ0n) is 12.2. The van der Waals surface area contributed by atoms with Crippen LogP contribution in [0.5, 0.6) is 0 Å². The number of ketones is 1. The van der Waals surface area contributed by atoms with Crippen LogP contribution >= 0.6 is 0 Å². The van der Waals surface area contributed by atoms with Crippen molar-refractivity contribution in [1.29, 1.82) is 0 Å². The summed E-state index contributed by atoms with van der Waals surface area (Å²) < 4.78 is 5.07. The molecular formula is C14H23NO6. The Kier molecular flexibility index (Phi) is 4.69. The molecule has 1 heterocycles. The second kappa shape index (κ2) is 6.02. The molecule has 21 heavy (non-hydrogen) atoms. The van der Waals surface area contributed by atoms with Crippen molar-refractivity contribution in [3.8, 4) is 0 Å². The first-order valence-corrected chi connectivity index (χ1v) is 7.04. The first-order chi connectivity index (χ1) is 9.73. The van der Waals surface area contributed by atoms with Gasteiger partial charge in [0.2, 0.25) is 0 Å². The molecule has 2 aliphatic rings. The van der Waals surface area contributed by atoms with Gasteiger partial charge in [-0.25, -0.2) is 0 Å². The standard InChI is InChI=1S/C14H23NO6/c1-14(2)4-7(3-8(17)5-14)15-10-12(19)11(18)9(6-16)21-13(10)20/h3,9-13,15-16,18-20H,4-6H2,1-2H3/t9-,10-,11-,12-,13-/m1/s1. The van der Waals surface area contributed by atoms with Crippen molar-refractivity contribution in [3.63, 3.8) is 0 Å². The summed E-state index contributed by atoms with van der Waals surface area (Å²) in [5.74, 6) is -0.0248. The third kappa shape index (κ3) is 3.61. The number of ether oxygens (including phenoxy) is 1. The smallest absolute Gasteiger partial charge is 0.178 e. The number of carbonyl (C=O) groups excluding carboxylic acids is 1. The topological polar surface area (TPSA) is 119 Å². The summed E-state index contributed by atoms with van der Waals surface area (Å²) in [4.78, 5) is 11.7. The Hall–Kier alpha value is -0.990. The molecule has 7 heteroatoms. The fourth-order valence-corrected chi connectivity index (χ4v) is 2.91. The van der Waals surface area contributed by atoms with E-state index in [1.54, 1.807) is 0 Å². The van der Waals surface area contributed by atoms with Crippen LogP contribution in [0.2, 0.25) is 0 Å². The lowest BCUT2D eigenvalue weighted by Gasteiger charge is -2.42. The molecule has 7 nitrogen and oxygen atoms in total. The molecule has 0 aromatic rings. The first-order valence-electron chi connectivity index (χ1n) is 7.04. The molecule has 0 aromatic heterocycles. The Balaban J connectivity index is 2.10. The third-order valence-corrected chi connectivity index (χ3v) is 3.91. The molecule has 120 valence electrons. The van der Waals surface area contributed by atoms with Gasteiger partial charge in [-0.2, -0.15) is 0 Å². The first kappa shape index (κ1) is 16.4. The fourth-order valence-electron chi connectivity index (χ4n) is 2.91. The van der Waals surface area contributed by atoms with Gasteiger partial charge < -0.3 is 30.5 Å². The van der Waals surface area contributed by atoms with Crippen LogP contribution in [0.15, 0.2) is 11.8 Å². The number of carbonyl (C=O) groups is 1. The van der Waals surface area contributed by atoms with Crippen molar-refractivity contribution >= 4 is 5.78 Å². The van der Waals surface area contributed by atoms with Gasteiger partial charge in [0.25, 0.3) is 0 Å². The molecule has 0 bridgehead atoms. The second-order valence-electron chi connectivity index (χ2n) is 6.55. The van der Waals surface area contributed by atoms with Gasteiger partial charge in [0.05, 0.1) is 6.61 Å². The lowest BCUT2D eigenvalue weighted by atomic mass is 9.78. The Morgan fingerprint density at radius 2 is 1.95 bits per heavy atom. The Labute approximate surface area is 123 Å². The summed E-state index contributed by atoms with van der Waals surface area (Å²) in [6.07, 6.45) is -2.56. The molecule has 0 saturated carbocycles. The normalized spacial score (nSPS) is 39.8. The van der Waals surface area contributed by atoms with Crippen molar-refractivity contribution in [2.45, 2.75) is 57.3 Å². The molecule has 0 unspecified atom stereocenters. The highest BCUT2D eigenvalue weighted by atomic mass is 16.6. The SMILES string of the molecule is CC1(C)CC(=O)C=C(N[C@@H]2[C@@H](O)[C@H](O)[C@@H](CO)O[C@H]2O)C1. The van der Waals surface area contributed by atoms with Crippen LogP contribution in [-0.2, 0) is 9.53 Å². The van der Waals surface area contributed by atoms with Gasteiger partial charge >= 0.3 is 0 Å². The number of aliphatic hydroxyl groups is 4. The predicted octanol–water partition coefficient (Wildman–Crippen LogP) is -1.35. The Bertz CT molecular complexity index is 435. The largest absolute Gasteiger partial charge is 0.394 e. The van der Waals surface area contributed by atoms with Gasteiger partial charge in [0, 0.05) is 18.2 Å². The van der Waals surface area contributed by atoms with Gasteiger partial charge in [-0.15, -0.1) is 0 Å². The van der Waals surface area contributed by atoms with Gasteiger partial charge in [-0.1, -0.05) is 13.8 Å². The number of hydrogen-bond donors (Lipinski definition) is 5. The zero-order valence-corrected chi connectivity index (χ0v) is 12.2.